The van der Waals surface area contributed by atoms with E-state index in [4.69, 9.17) is 5.73 Å². The first-order valence-corrected chi connectivity index (χ1v) is 9.51. The van der Waals surface area contributed by atoms with Gasteiger partial charge in [0.2, 0.25) is 5.95 Å². The first-order valence-electron chi connectivity index (χ1n) is 9.51. The summed E-state index contributed by atoms with van der Waals surface area (Å²) >= 11 is 0. The molecule has 6 nitrogen and oxygen atoms in total. The van der Waals surface area contributed by atoms with E-state index in [1.807, 2.05) is 4.57 Å². The second kappa shape index (κ2) is 8.65. The highest BCUT2D eigenvalue weighted by Gasteiger charge is 2.11. The quantitative estimate of drug-likeness (QED) is 0.569. The normalized spacial score (nSPS) is 11.2. The maximum Gasteiger partial charge on any atom is 0.226 e. The van der Waals surface area contributed by atoms with Gasteiger partial charge in [-0.1, -0.05) is 51.0 Å². The van der Waals surface area contributed by atoms with Gasteiger partial charge in [0, 0.05) is 6.54 Å². The number of benzene rings is 1. The molecular formula is C20H28N6. The van der Waals surface area contributed by atoms with Crippen molar-refractivity contribution in [2.75, 3.05) is 17.6 Å². The molecule has 3 N–H and O–H groups in total. The molecule has 0 aliphatic carbocycles. The van der Waals surface area contributed by atoms with Gasteiger partial charge in [-0.2, -0.15) is 9.97 Å². The highest BCUT2D eigenvalue weighted by molar-refractivity contribution is 5.82. The standard InChI is InChI=1S/C20H28N6/c1-3-5-7-15-8-10-16(11-9-15)13-26-14-23-17-18(21)24-20(25-19(17)26)22-12-6-4-2/h8-11,14H,3-7,12-13H2,1-2H3,(H3,21,22,24,25). The smallest absolute Gasteiger partial charge is 0.226 e. The average molecular weight is 352 g/mol. The Morgan fingerprint density at radius 3 is 2.46 bits per heavy atom. The maximum atomic E-state index is 6.07. The first-order chi connectivity index (χ1) is 12.7. The van der Waals surface area contributed by atoms with Gasteiger partial charge >= 0.3 is 0 Å². The molecule has 0 fully saturated rings. The predicted octanol–water partition coefficient (Wildman–Crippen LogP) is 4.01. The Bertz CT molecular complexity index is 837. The van der Waals surface area contributed by atoms with Crippen molar-refractivity contribution in [3.05, 3.63) is 41.7 Å². The van der Waals surface area contributed by atoms with Crippen LogP contribution in [0.4, 0.5) is 11.8 Å². The molecule has 2 heterocycles. The summed E-state index contributed by atoms with van der Waals surface area (Å²) in [5.41, 5.74) is 10.1. The predicted molar refractivity (Wildman–Crippen MR) is 107 cm³/mol. The molecule has 26 heavy (non-hydrogen) atoms. The summed E-state index contributed by atoms with van der Waals surface area (Å²) in [5.74, 6) is 0.989. The molecule has 0 aliphatic rings. The lowest BCUT2D eigenvalue weighted by Crippen LogP contribution is -2.08. The topological polar surface area (TPSA) is 81.6 Å². The van der Waals surface area contributed by atoms with Gasteiger partial charge in [-0.15, -0.1) is 0 Å². The summed E-state index contributed by atoms with van der Waals surface area (Å²) in [6, 6.07) is 8.79. The van der Waals surface area contributed by atoms with Gasteiger partial charge in [-0.25, -0.2) is 4.98 Å². The highest BCUT2D eigenvalue weighted by Crippen LogP contribution is 2.19. The fourth-order valence-electron chi connectivity index (χ4n) is 2.93. The van der Waals surface area contributed by atoms with Gasteiger partial charge in [0.05, 0.1) is 12.9 Å². The van der Waals surface area contributed by atoms with Gasteiger partial charge in [-0.05, 0) is 30.4 Å². The number of unbranched alkanes of at least 4 members (excludes halogenated alkanes) is 2. The number of nitrogens with one attached hydrogen (secondary N) is 1. The number of nitrogens with two attached hydrogens (primary N) is 1. The van der Waals surface area contributed by atoms with Crippen LogP contribution in [0.15, 0.2) is 30.6 Å². The molecule has 2 aromatic heterocycles. The van der Waals surface area contributed by atoms with E-state index in [-0.39, 0.29) is 0 Å². The summed E-state index contributed by atoms with van der Waals surface area (Å²) in [5, 5.41) is 3.24. The maximum absolute atomic E-state index is 6.07. The zero-order valence-corrected chi connectivity index (χ0v) is 15.7. The second-order valence-corrected chi connectivity index (χ2v) is 6.68. The van der Waals surface area contributed by atoms with Crippen LogP contribution in [0.25, 0.3) is 11.2 Å². The number of anilines is 2. The number of fused-ring (bicyclic) bond motifs is 1. The Balaban J connectivity index is 1.78. The van der Waals surface area contributed by atoms with Crippen LogP contribution < -0.4 is 11.1 Å². The fourth-order valence-corrected chi connectivity index (χ4v) is 2.93. The molecular weight excluding hydrogens is 324 g/mol. The van der Waals surface area contributed by atoms with E-state index in [2.05, 4.69) is 58.4 Å². The van der Waals surface area contributed by atoms with E-state index in [1.54, 1.807) is 6.33 Å². The highest BCUT2D eigenvalue weighted by atomic mass is 15.2. The monoisotopic (exact) mass is 352 g/mol. The Morgan fingerprint density at radius 2 is 1.73 bits per heavy atom. The zero-order chi connectivity index (χ0) is 18.4. The molecule has 0 aliphatic heterocycles. The van der Waals surface area contributed by atoms with Gasteiger partial charge in [0.15, 0.2) is 11.5 Å². The lowest BCUT2D eigenvalue weighted by molar-refractivity contribution is 0.790. The number of hydrogen-bond acceptors (Lipinski definition) is 5. The number of aromatic nitrogens is 4. The Hall–Kier alpha value is -2.63. The van der Waals surface area contributed by atoms with Crippen molar-refractivity contribution >= 4 is 22.9 Å². The molecule has 0 saturated carbocycles. The number of aryl methyl sites for hydroxylation is 1. The van der Waals surface area contributed by atoms with Gasteiger partial charge in [0.1, 0.15) is 5.52 Å². The summed E-state index contributed by atoms with van der Waals surface area (Å²) in [6.07, 6.45) is 7.58. The third-order valence-electron chi connectivity index (χ3n) is 4.50. The Kier molecular flexibility index (Phi) is 6.04. The van der Waals surface area contributed by atoms with Crippen LogP contribution in [0.3, 0.4) is 0 Å². The van der Waals surface area contributed by atoms with Crippen molar-refractivity contribution in [2.24, 2.45) is 0 Å². The molecule has 0 amide bonds. The molecule has 138 valence electrons. The first kappa shape index (κ1) is 18.2. The summed E-state index contributed by atoms with van der Waals surface area (Å²) < 4.78 is 2.03. The molecule has 1 aromatic carbocycles. The minimum absolute atomic E-state index is 0.419. The van der Waals surface area contributed by atoms with Crippen molar-refractivity contribution < 1.29 is 0 Å². The Labute approximate surface area is 154 Å². The number of imidazole rings is 1. The van der Waals surface area contributed by atoms with Crippen LogP contribution in [-0.4, -0.2) is 26.1 Å². The SMILES string of the molecule is CCCCNc1nc(N)c2ncn(Cc3ccc(CCCC)cc3)c2n1. The summed E-state index contributed by atoms with van der Waals surface area (Å²) in [7, 11) is 0. The van der Waals surface area contributed by atoms with Crippen LogP contribution in [0.5, 0.6) is 0 Å². The van der Waals surface area contributed by atoms with E-state index in [1.165, 1.54) is 24.0 Å². The van der Waals surface area contributed by atoms with Gasteiger partial charge in [-0.3, -0.25) is 0 Å². The summed E-state index contributed by atoms with van der Waals surface area (Å²) in [4.78, 5) is 13.3. The van der Waals surface area contributed by atoms with Crippen molar-refractivity contribution in [1.82, 2.24) is 19.5 Å². The van der Waals surface area contributed by atoms with E-state index in [9.17, 15) is 0 Å². The number of nitrogens with zero attached hydrogens (tertiary/aromatic N) is 4. The molecule has 6 heteroatoms. The molecule has 0 radical (unpaired) electrons. The van der Waals surface area contributed by atoms with Crippen LogP contribution in [0.2, 0.25) is 0 Å². The minimum Gasteiger partial charge on any atom is -0.382 e. The van der Waals surface area contributed by atoms with Crippen LogP contribution in [0, 0.1) is 0 Å². The molecule has 0 unspecified atom stereocenters. The Morgan fingerprint density at radius 1 is 1.00 bits per heavy atom. The summed E-state index contributed by atoms with van der Waals surface area (Å²) in [6.45, 7) is 5.93. The molecule has 3 rings (SSSR count). The lowest BCUT2D eigenvalue weighted by Gasteiger charge is -2.08. The molecule has 0 spiro atoms. The largest absolute Gasteiger partial charge is 0.382 e. The van der Waals surface area contributed by atoms with E-state index >= 15 is 0 Å². The minimum atomic E-state index is 0.419. The van der Waals surface area contributed by atoms with Crippen LogP contribution in [0.1, 0.15) is 50.7 Å². The van der Waals surface area contributed by atoms with Crippen molar-refractivity contribution in [3.8, 4) is 0 Å². The molecule has 0 saturated heterocycles. The average Bonchev–Trinajstić information content (AvgIpc) is 3.05. The van der Waals surface area contributed by atoms with Gasteiger partial charge in [0.25, 0.3) is 0 Å². The third kappa shape index (κ3) is 4.31. The molecule has 0 atom stereocenters. The lowest BCUT2D eigenvalue weighted by atomic mass is 10.1. The number of hydrogen-bond donors (Lipinski definition) is 2. The van der Waals surface area contributed by atoms with Crippen LogP contribution >= 0.6 is 0 Å². The van der Waals surface area contributed by atoms with E-state index in [0.29, 0.717) is 17.3 Å². The van der Waals surface area contributed by atoms with Crippen molar-refractivity contribution in [3.63, 3.8) is 0 Å². The van der Waals surface area contributed by atoms with Crippen molar-refractivity contribution in [1.29, 1.82) is 0 Å². The van der Waals surface area contributed by atoms with Crippen molar-refractivity contribution in [2.45, 2.75) is 52.5 Å². The van der Waals surface area contributed by atoms with Gasteiger partial charge < -0.3 is 15.6 Å². The number of nitrogen functional groups attached to an aromatic ring is 1. The number of rotatable bonds is 9. The van der Waals surface area contributed by atoms with E-state index < -0.39 is 0 Å². The molecule has 3 aromatic rings. The molecule has 0 bridgehead atoms. The van der Waals surface area contributed by atoms with E-state index in [0.717, 1.165) is 38.0 Å². The fraction of sp³-hybridized carbons (Fsp3) is 0.450. The third-order valence-corrected chi connectivity index (χ3v) is 4.50. The second-order valence-electron chi connectivity index (χ2n) is 6.68. The van der Waals surface area contributed by atoms with Crippen LogP contribution in [-0.2, 0) is 13.0 Å². The zero-order valence-electron chi connectivity index (χ0n) is 15.7.